The molecule has 1 aliphatic rings. The summed E-state index contributed by atoms with van der Waals surface area (Å²) in [7, 11) is 0. The number of amides is 1. The number of benzene rings is 1. The van der Waals surface area contributed by atoms with Crippen LogP contribution in [0.25, 0.3) is 0 Å². The summed E-state index contributed by atoms with van der Waals surface area (Å²) in [5.41, 5.74) is 0.682. The summed E-state index contributed by atoms with van der Waals surface area (Å²) in [5, 5.41) is 8.28. The summed E-state index contributed by atoms with van der Waals surface area (Å²) in [5.74, 6) is 1.24. The minimum atomic E-state index is -0.465. The van der Waals surface area contributed by atoms with Crippen molar-refractivity contribution in [1.29, 1.82) is 0 Å². The van der Waals surface area contributed by atoms with Crippen LogP contribution in [0, 0.1) is 0 Å². The lowest BCUT2D eigenvalue weighted by atomic mass is 10.2. The third-order valence-corrected chi connectivity index (χ3v) is 4.09. The van der Waals surface area contributed by atoms with Gasteiger partial charge in [0.25, 0.3) is 0 Å². The van der Waals surface area contributed by atoms with Crippen molar-refractivity contribution in [2.45, 2.75) is 39.3 Å². The zero-order chi connectivity index (χ0) is 18.6. The van der Waals surface area contributed by atoms with Crippen LogP contribution in [0.1, 0.15) is 38.1 Å². The number of hydrogen-bond acceptors (Lipinski definition) is 6. The van der Waals surface area contributed by atoms with Gasteiger partial charge in [0.05, 0.1) is 13.0 Å². The van der Waals surface area contributed by atoms with E-state index in [2.05, 4.69) is 15.1 Å². The zero-order valence-electron chi connectivity index (χ0n) is 15.6. The van der Waals surface area contributed by atoms with Crippen molar-refractivity contribution in [1.82, 2.24) is 20.0 Å². The minimum Gasteiger partial charge on any atom is -0.444 e. The van der Waals surface area contributed by atoms with E-state index in [1.54, 1.807) is 4.90 Å². The number of carbonyl (C=O) groups is 1. The van der Waals surface area contributed by atoms with E-state index in [9.17, 15) is 4.79 Å². The molecule has 3 rings (SSSR count). The Morgan fingerprint density at radius 2 is 1.73 bits per heavy atom. The van der Waals surface area contributed by atoms with E-state index in [-0.39, 0.29) is 6.09 Å². The Labute approximate surface area is 153 Å². The Morgan fingerprint density at radius 3 is 2.38 bits per heavy atom. The first kappa shape index (κ1) is 18.4. The molecule has 0 radical (unpaired) electrons. The SMILES string of the molecule is CC(C)(C)OC(=O)N1CCN(Cc2nnc(Cc3ccccc3)o2)CC1. The molecule has 1 saturated heterocycles. The van der Waals surface area contributed by atoms with Gasteiger partial charge in [-0.1, -0.05) is 30.3 Å². The van der Waals surface area contributed by atoms with Gasteiger partial charge < -0.3 is 14.1 Å². The molecule has 0 unspecified atom stereocenters. The first-order valence-corrected chi connectivity index (χ1v) is 8.94. The maximum absolute atomic E-state index is 12.1. The molecule has 1 aromatic carbocycles. The van der Waals surface area contributed by atoms with Crippen LogP contribution >= 0.6 is 0 Å². The lowest BCUT2D eigenvalue weighted by Gasteiger charge is -2.34. The highest BCUT2D eigenvalue weighted by atomic mass is 16.6. The van der Waals surface area contributed by atoms with Crippen molar-refractivity contribution in [3.63, 3.8) is 0 Å². The number of nitrogens with zero attached hydrogens (tertiary/aromatic N) is 4. The Bertz CT molecular complexity index is 716. The molecule has 140 valence electrons. The van der Waals surface area contributed by atoms with Gasteiger partial charge in [-0.05, 0) is 26.3 Å². The summed E-state index contributed by atoms with van der Waals surface area (Å²) in [4.78, 5) is 16.1. The zero-order valence-corrected chi connectivity index (χ0v) is 15.6. The highest BCUT2D eigenvalue weighted by molar-refractivity contribution is 5.68. The van der Waals surface area contributed by atoms with Crippen molar-refractivity contribution < 1.29 is 13.9 Å². The minimum absolute atomic E-state index is 0.250. The summed E-state index contributed by atoms with van der Waals surface area (Å²) in [6.45, 7) is 9.03. The van der Waals surface area contributed by atoms with Crippen LogP contribution in [0.5, 0.6) is 0 Å². The lowest BCUT2D eigenvalue weighted by Crippen LogP contribution is -2.49. The van der Waals surface area contributed by atoms with E-state index in [1.165, 1.54) is 0 Å². The topological polar surface area (TPSA) is 71.7 Å². The first-order valence-electron chi connectivity index (χ1n) is 8.94. The Balaban J connectivity index is 1.47. The van der Waals surface area contributed by atoms with E-state index in [1.807, 2.05) is 51.1 Å². The average molecular weight is 358 g/mol. The third-order valence-electron chi connectivity index (χ3n) is 4.09. The quantitative estimate of drug-likeness (QED) is 0.837. The van der Waals surface area contributed by atoms with Gasteiger partial charge in [-0.15, -0.1) is 10.2 Å². The Hall–Kier alpha value is -2.41. The largest absolute Gasteiger partial charge is 0.444 e. The van der Waals surface area contributed by atoms with Gasteiger partial charge in [-0.3, -0.25) is 4.90 Å². The Kier molecular flexibility index (Phi) is 5.56. The molecule has 7 heteroatoms. The monoisotopic (exact) mass is 358 g/mol. The molecule has 0 saturated carbocycles. The number of piperazine rings is 1. The number of aromatic nitrogens is 2. The van der Waals surface area contributed by atoms with Gasteiger partial charge in [0.15, 0.2) is 0 Å². The van der Waals surface area contributed by atoms with Gasteiger partial charge in [-0.2, -0.15) is 0 Å². The van der Waals surface area contributed by atoms with Gasteiger partial charge >= 0.3 is 6.09 Å². The summed E-state index contributed by atoms with van der Waals surface area (Å²) >= 11 is 0. The van der Waals surface area contributed by atoms with Gasteiger partial charge in [0.2, 0.25) is 11.8 Å². The number of ether oxygens (including phenoxy) is 1. The Morgan fingerprint density at radius 1 is 1.08 bits per heavy atom. The fourth-order valence-corrected chi connectivity index (χ4v) is 2.80. The molecule has 0 bridgehead atoms. The number of carbonyl (C=O) groups excluding carboxylic acids is 1. The van der Waals surface area contributed by atoms with Crippen LogP contribution < -0.4 is 0 Å². The van der Waals surface area contributed by atoms with E-state index in [0.29, 0.717) is 37.8 Å². The second-order valence-electron chi connectivity index (χ2n) is 7.50. The highest BCUT2D eigenvalue weighted by Gasteiger charge is 2.26. The normalized spacial score (nSPS) is 15.9. The molecule has 0 atom stereocenters. The smallest absolute Gasteiger partial charge is 0.410 e. The van der Waals surface area contributed by atoms with Crippen molar-refractivity contribution >= 4 is 6.09 Å². The van der Waals surface area contributed by atoms with Crippen molar-refractivity contribution in [3.05, 3.63) is 47.7 Å². The first-order chi connectivity index (χ1) is 12.4. The maximum Gasteiger partial charge on any atom is 0.410 e. The molecule has 7 nitrogen and oxygen atoms in total. The summed E-state index contributed by atoms with van der Waals surface area (Å²) in [6.07, 6.45) is 0.389. The predicted molar refractivity (Wildman–Crippen MR) is 96.6 cm³/mol. The highest BCUT2D eigenvalue weighted by Crippen LogP contribution is 2.14. The maximum atomic E-state index is 12.1. The molecule has 0 aliphatic carbocycles. The van der Waals surface area contributed by atoms with Gasteiger partial charge in [-0.25, -0.2) is 4.79 Å². The number of rotatable bonds is 4. The van der Waals surface area contributed by atoms with Crippen molar-refractivity contribution in [2.75, 3.05) is 26.2 Å². The second-order valence-corrected chi connectivity index (χ2v) is 7.50. The fourth-order valence-electron chi connectivity index (χ4n) is 2.80. The van der Waals surface area contributed by atoms with Crippen LogP contribution in [0.15, 0.2) is 34.7 Å². The van der Waals surface area contributed by atoms with Crippen molar-refractivity contribution in [3.8, 4) is 0 Å². The molecule has 1 aromatic heterocycles. The molecular weight excluding hydrogens is 332 g/mol. The van der Waals surface area contributed by atoms with E-state index < -0.39 is 5.60 Å². The average Bonchev–Trinajstić information content (AvgIpc) is 3.02. The summed E-state index contributed by atoms with van der Waals surface area (Å²) in [6, 6.07) is 10.1. The molecule has 2 aromatic rings. The van der Waals surface area contributed by atoms with Crippen LogP contribution in [0.2, 0.25) is 0 Å². The van der Waals surface area contributed by atoms with Gasteiger partial charge in [0, 0.05) is 26.2 Å². The van der Waals surface area contributed by atoms with Crippen LogP contribution in [0.4, 0.5) is 4.79 Å². The van der Waals surface area contributed by atoms with E-state index in [4.69, 9.17) is 9.15 Å². The van der Waals surface area contributed by atoms with E-state index >= 15 is 0 Å². The van der Waals surface area contributed by atoms with Crippen LogP contribution in [-0.4, -0.2) is 57.9 Å². The lowest BCUT2D eigenvalue weighted by molar-refractivity contribution is 0.0133. The van der Waals surface area contributed by atoms with E-state index in [0.717, 1.165) is 18.7 Å². The second kappa shape index (κ2) is 7.86. The van der Waals surface area contributed by atoms with Crippen molar-refractivity contribution in [2.24, 2.45) is 0 Å². The molecule has 26 heavy (non-hydrogen) atoms. The molecule has 0 spiro atoms. The van der Waals surface area contributed by atoms with Crippen LogP contribution in [0.3, 0.4) is 0 Å². The predicted octanol–water partition coefficient (Wildman–Crippen LogP) is 2.71. The molecular formula is C19H26N4O3. The van der Waals surface area contributed by atoms with Crippen LogP contribution in [-0.2, 0) is 17.7 Å². The molecule has 0 N–H and O–H groups in total. The number of hydrogen-bond donors (Lipinski definition) is 0. The molecule has 2 heterocycles. The third kappa shape index (κ3) is 5.29. The fraction of sp³-hybridized carbons (Fsp3) is 0.526. The standard InChI is InChI=1S/C19H26N4O3/c1-19(2,3)26-18(24)23-11-9-22(10-12-23)14-17-21-20-16(25-17)13-15-7-5-4-6-8-15/h4-8H,9-14H2,1-3H3. The molecule has 1 aliphatic heterocycles. The van der Waals surface area contributed by atoms with Gasteiger partial charge in [0.1, 0.15) is 5.60 Å². The summed E-state index contributed by atoms with van der Waals surface area (Å²) < 4.78 is 11.2. The molecule has 1 fully saturated rings. The molecule has 1 amide bonds.